The van der Waals surface area contributed by atoms with Crippen LogP contribution < -0.4 is 0 Å². The number of amides is 1. The van der Waals surface area contributed by atoms with Gasteiger partial charge < -0.3 is 53.4 Å². The van der Waals surface area contributed by atoms with Crippen molar-refractivity contribution in [3.8, 4) is 0 Å². The smallest absolute Gasteiger partial charge is 0.329 e. The molecule has 1 amide bonds. The Bertz CT molecular complexity index is 1470. The van der Waals surface area contributed by atoms with Crippen LogP contribution in [0, 0.1) is 29.6 Å². The predicted molar refractivity (Wildman–Crippen MR) is 222 cm³/mol. The van der Waals surface area contributed by atoms with Crippen LogP contribution >= 0.6 is 0 Å². The molecule has 1 unspecified atom stereocenters. The van der Waals surface area contributed by atoms with Crippen LogP contribution in [0.3, 0.4) is 0 Å². The highest BCUT2D eigenvalue weighted by molar-refractivity contribution is 5.88. The zero-order valence-electron chi connectivity index (χ0n) is 37.8. The van der Waals surface area contributed by atoms with Crippen LogP contribution in [0.25, 0.3) is 0 Å². The Morgan fingerprint density at radius 2 is 1.56 bits per heavy atom. The van der Waals surface area contributed by atoms with Crippen molar-refractivity contribution >= 4 is 11.9 Å². The molecule has 3 N–H and O–H groups in total. The van der Waals surface area contributed by atoms with E-state index in [4.69, 9.17) is 33.2 Å². The molecule has 5 rings (SSSR count). The number of cyclic esters (lactones) is 1. The van der Waals surface area contributed by atoms with Gasteiger partial charge in [0, 0.05) is 52.0 Å². The highest BCUT2D eigenvalue weighted by atomic mass is 16.7. The Kier molecular flexibility index (Phi) is 16.7. The highest BCUT2D eigenvalue weighted by Gasteiger charge is 2.56. The number of methoxy groups -OCH3 is 3. The topological polar surface area (TPSA) is 163 Å². The van der Waals surface area contributed by atoms with Crippen LogP contribution in [0.4, 0.5) is 0 Å². The third-order valence-electron chi connectivity index (χ3n) is 14.1. The van der Waals surface area contributed by atoms with Crippen LogP contribution in [-0.4, -0.2) is 133 Å². The van der Waals surface area contributed by atoms with Crippen molar-refractivity contribution in [1.82, 2.24) is 4.90 Å². The number of hydrogen-bond acceptors (Lipinski definition) is 12. The van der Waals surface area contributed by atoms with E-state index >= 15 is 0 Å². The van der Waals surface area contributed by atoms with Gasteiger partial charge in [0.15, 0.2) is 11.9 Å². The minimum atomic E-state index is -2.27. The second kappa shape index (κ2) is 20.5. The van der Waals surface area contributed by atoms with E-state index in [0.717, 1.165) is 24.8 Å². The lowest BCUT2D eigenvalue weighted by molar-refractivity contribution is -0.346. The van der Waals surface area contributed by atoms with E-state index in [-0.39, 0.29) is 48.5 Å². The molecule has 4 fully saturated rings. The van der Waals surface area contributed by atoms with Gasteiger partial charge in [0.2, 0.25) is 5.79 Å². The molecule has 0 aromatic heterocycles. The van der Waals surface area contributed by atoms with Crippen LogP contribution in [0.5, 0.6) is 0 Å². The second-order valence-electron chi connectivity index (χ2n) is 19.1. The maximum absolute atomic E-state index is 14.6. The van der Waals surface area contributed by atoms with Crippen LogP contribution in [-0.2, 0) is 42.7 Å². The number of allylic oxidation sites excluding steroid dienone is 2. The van der Waals surface area contributed by atoms with Gasteiger partial charge in [0.1, 0.15) is 18.2 Å². The van der Waals surface area contributed by atoms with E-state index in [2.05, 4.69) is 39.8 Å². The number of nitrogens with zero attached hydrogens (tertiary/aromatic N) is 1. The fourth-order valence-corrected chi connectivity index (χ4v) is 10.7. The first kappa shape index (κ1) is 48.1. The zero-order valence-corrected chi connectivity index (χ0v) is 37.8. The van der Waals surface area contributed by atoms with Gasteiger partial charge in [0.25, 0.3) is 5.91 Å². The van der Waals surface area contributed by atoms with E-state index < -0.39 is 72.0 Å². The van der Waals surface area contributed by atoms with E-state index in [1.807, 2.05) is 20.8 Å². The van der Waals surface area contributed by atoms with Crippen molar-refractivity contribution in [2.45, 2.75) is 199 Å². The number of piperidine rings is 1. The predicted octanol–water partition coefficient (Wildman–Crippen LogP) is 5.85. The molecule has 5 aliphatic rings. The third-order valence-corrected chi connectivity index (χ3v) is 14.1. The first-order valence-electron chi connectivity index (χ1n) is 22.4. The monoisotopic (exact) mass is 836 g/mol. The maximum Gasteiger partial charge on any atom is 0.329 e. The fourth-order valence-electron chi connectivity index (χ4n) is 10.7. The standard InChI is InChI=1S/C46H77NO12/c1-12-32-20-26(2)19-27(3)21-38(54-10)41-39(55-11)23-29(5)46(52,59-41)42(49)43(50)47-18-14-13-15-33(47)44(51)56-40(30(6)35-25-36(32)58-45(7,8)57-35)28(4)22-31-16-17-34(48)37(24-31)53-9/h20,22,27,29-42,48-49,52H,12-19,21,23-25H2,1-11H3/b26-20+,28-22+/t27-,29+,30+,31-,32+,33-,34+,35-,36-,37+,38-,39-,40+,41+,42?,46+/m0/s1. The summed E-state index contributed by atoms with van der Waals surface area (Å²) in [4.78, 5) is 30.5. The lowest BCUT2D eigenvalue weighted by Gasteiger charge is -2.49. The molecule has 0 spiro atoms. The molecule has 13 heteroatoms. The molecule has 4 bridgehead atoms. The fraction of sp³-hybridized carbons (Fsp3) is 0.870. The number of carbonyl (C=O) groups excluding carboxylic acids is 2. The Balaban J connectivity index is 1.57. The second-order valence-corrected chi connectivity index (χ2v) is 19.1. The molecular formula is C46H77NO12. The van der Waals surface area contributed by atoms with Crippen molar-refractivity contribution < 1.29 is 58.1 Å². The quantitative estimate of drug-likeness (QED) is 0.217. The van der Waals surface area contributed by atoms with Gasteiger partial charge in [-0.05, 0) is 109 Å². The Labute approximate surface area is 353 Å². The molecule has 3 saturated heterocycles. The third kappa shape index (κ3) is 11.2. The summed E-state index contributed by atoms with van der Waals surface area (Å²) in [6.45, 7) is 16.4. The highest BCUT2D eigenvalue weighted by Crippen LogP contribution is 2.42. The number of esters is 1. The van der Waals surface area contributed by atoms with E-state index in [1.54, 1.807) is 28.3 Å². The lowest BCUT2D eigenvalue weighted by atomic mass is 9.81. The number of hydrogen-bond donors (Lipinski definition) is 3. The summed E-state index contributed by atoms with van der Waals surface area (Å²) in [6.07, 6.45) is 5.52. The Morgan fingerprint density at radius 1 is 0.898 bits per heavy atom. The lowest BCUT2D eigenvalue weighted by Crippen LogP contribution is -2.66. The molecular weight excluding hydrogens is 759 g/mol. The molecule has 338 valence electrons. The largest absolute Gasteiger partial charge is 0.456 e. The van der Waals surface area contributed by atoms with Gasteiger partial charge in [-0.2, -0.15) is 0 Å². The van der Waals surface area contributed by atoms with E-state index in [1.165, 1.54) is 10.5 Å². The average molecular weight is 836 g/mol. The molecule has 0 aromatic carbocycles. The number of fused-ring (bicyclic) bond motifs is 5. The zero-order chi connectivity index (χ0) is 43.4. The molecule has 0 aromatic rings. The van der Waals surface area contributed by atoms with Crippen LogP contribution in [0.15, 0.2) is 23.3 Å². The molecule has 59 heavy (non-hydrogen) atoms. The van der Waals surface area contributed by atoms with Crippen molar-refractivity contribution in [1.29, 1.82) is 0 Å². The Morgan fingerprint density at radius 3 is 2.22 bits per heavy atom. The molecule has 16 atom stereocenters. The molecule has 1 saturated carbocycles. The number of rotatable bonds is 6. The number of ether oxygens (including phenoxy) is 7. The van der Waals surface area contributed by atoms with Gasteiger partial charge in [-0.1, -0.05) is 45.4 Å². The summed E-state index contributed by atoms with van der Waals surface area (Å²) >= 11 is 0. The van der Waals surface area contributed by atoms with Gasteiger partial charge in [-0.15, -0.1) is 0 Å². The normalized spacial score (nSPS) is 44.4. The molecule has 4 aliphatic heterocycles. The minimum absolute atomic E-state index is 0.0968. The van der Waals surface area contributed by atoms with Crippen LogP contribution in [0.1, 0.15) is 126 Å². The van der Waals surface area contributed by atoms with Crippen molar-refractivity contribution in [3.05, 3.63) is 23.3 Å². The molecule has 1 aliphatic carbocycles. The number of aliphatic hydroxyl groups is 3. The van der Waals surface area contributed by atoms with E-state index in [0.29, 0.717) is 51.4 Å². The van der Waals surface area contributed by atoms with Crippen molar-refractivity contribution in [2.24, 2.45) is 29.6 Å². The van der Waals surface area contributed by atoms with E-state index in [9.17, 15) is 24.9 Å². The minimum Gasteiger partial charge on any atom is -0.456 e. The molecule has 13 nitrogen and oxygen atoms in total. The summed E-state index contributed by atoms with van der Waals surface area (Å²) in [5.74, 6) is -5.17. The summed E-state index contributed by atoms with van der Waals surface area (Å²) < 4.78 is 43.9. The summed E-state index contributed by atoms with van der Waals surface area (Å²) in [7, 11) is 4.82. The summed E-state index contributed by atoms with van der Waals surface area (Å²) in [5, 5.41) is 34.7. The Hall–Kier alpha value is -1.94. The van der Waals surface area contributed by atoms with Gasteiger partial charge in [-0.3, -0.25) is 4.79 Å². The van der Waals surface area contributed by atoms with Gasteiger partial charge >= 0.3 is 5.97 Å². The number of carbonyl (C=O) groups is 2. The van der Waals surface area contributed by atoms with Gasteiger partial charge in [-0.25, -0.2) is 4.79 Å². The first-order chi connectivity index (χ1) is 27.9. The SMILES string of the molecule is CC[C@@H]1/C=C(\C)C[C@H](C)C[C@H](OC)[C@H]2O[C@@](O)(C(O)C(=O)N3CCCC[C@H]3C(=O)O[C@H](/C(C)=C/[C@@H]3CC[C@@H](O)[C@H](OC)C3)[C@H](C)[C@@H]3C[C@@H]1OC(C)(C)O3)[C@H](C)C[C@@H]2OC. The van der Waals surface area contributed by atoms with Gasteiger partial charge in [0.05, 0.1) is 36.6 Å². The maximum atomic E-state index is 14.6. The average Bonchev–Trinajstić information content (AvgIpc) is 3.20. The molecule has 0 radical (unpaired) electrons. The first-order valence-corrected chi connectivity index (χ1v) is 22.4. The van der Waals surface area contributed by atoms with Crippen molar-refractivity contribution in [2.75, 3.05) is 27.9 Å². The number of aliphatic hydroxyl groups excluding tert-OH is 2. The summed E-state index contributed by atoms with van der Waals surface area (Å²) in [5.41, 5.74) is 2.08. The molecule has 4 heterocycles. The van der Waals surface area contributed by atoms with Crippen LogP contribution in [0.2, 0.25) is 0 Å². The summed E-state index contributed by atoms with van der Waals surface area (Å²) in [6, 6.07) is -0.986. The van der Waals surface area contributed by atoms with Crippen molar-refractivity contribution in [3.63, 3.8) is 0 Å².